The molecule has 0 fully saturated rings. The molecule has 2 aromatic heterocycles. The highest BCUT2D eigenvalue weighted by Gasteiger charge is 2.25. The van der Waals surface area contributed by atoms with E-state index in [1.54, 1.807) is 16.9 Å². The fourth-order valence-corrected chi connectivity index (χ4v) is 4.24. The number of hydrogen-bond acceptors (Lipinski definition) is 5. The van der Waals surface area contributed by atoms with Crippen LogP contribution in [-0.4, -0.2) is 42.1 Å². The number of allylic oxidation sites excluding steroid dienone is 2. The van der Waals surface area contributed by atoms with Crippen molar-refractivity contribution in [3.8, 4) is 5.75 Å². The molecular weight excluding hydrogens is 406 g/mol. The van der Waals surface area contributed by atoms with Crippen molar-refractivity contribution in [3.63, 3.8) is 0 Å². The van der Waals surface area contributed by atoms with E-state index >= 15 is 0 Å². The topological polar surface area (TPSA) is 76.7 Å². The molecule has 0 spiro atoms. The summed E-state index contributed by atoms with van der Waals surface area (Å²) in [6.45, 7) is 9.96. The van der Waals surface area contributed by atoms with Gasteiger partial charge < -0.3 is 23.9 Å². The number of aromatic nitrogens is 1. The number of carbonyl (C=O) groups excluding carboxylic acids is 1. The molecular formula is C25H35N3O4. The number of methoxy groups -OCH3 is 1. The Labute approximate surface area is 190 Å². The van der Waals surface area contributed by atoms with Crippen LogP contribution in [0.4, 0.5) is 0 Å². The van der Waals surface area contributed by atoms with E-state index in [4.69, 9.17) is 9.15 Å². The van der Waals surface area contributed by atoms with Gasteiger partial charge in [0.2, 0.25) is 0 Å². The summed E-state index contributed by atoms with van der Waals surface area (Å²) in [5, 5.41) is 2.89. The summed E-state index contributed by atoms with van der Waals surface area (Å²) in [6.07, 6.45) is 6.72. The highest BCUT2D eigenvalue weighted by Crippen LogP contribution is 2.23. The maximum absolute atomic E-state index is 13.1. The Morgan fingerprint density at radius 1 is 1.31 bits per heavy atom. The second kappa shape index (κ2) is 11.2. The number of carbonyl (C=O) groups is 1. The zero-order valence-electron chi connectivity index (χ0n) is 19.6. The van der Waals surface area contributed by atoms with Gasteiger partial charge in [-0.15, -0.1) is 0 Å². The van der Waals surface area contributed by atoms with Crippen LogP contribution < -0.4 is 15.6 Å². The van der Waals surface area contributed by atoms with Crippen molar-refractivity contribution >= 4 is 5.91 Å². The van der Waals surface area contributed by atoms with Gasteiger partial charge in [0.05, 0.1) is 19.9 Å². The van der Waals surface area contributed by atoms with Crippen molar-refractivity contribution in [3.05, 3.63) is 63.5 Å². The van der Waals surface area contributed by atoms with Crippen LogP contribution in [-0.2, 0) is 19.5 Å². The molecule has 32 heavy (non-hydrogen) atoms. The molecule has 0 aliphatic carbocycles. The molecule has 3 heterocycles. The summed E-state index contributed by atoms with van der Waals surface area (Å²) in [6, 6.07) is 5.01. The van der Waals surface area contributed by atoms with Gasteiger partial charge in [-0.2, -0.15) is 0 Å². The molecule has 0 bridgehead atoms. The SMILES string of the molecule is COc1cc(=O)n2c(c1C(=O)NCc1ccco1)CCN(C[C@@H](C)CCC=C(C)C)CC2. The van der Waals surface area contributed by atoms with Crippen molar-refractivity contribution in [2.45, 2.75) is 53.1 Å². The third kappa shape index (κ3) is 6.13. The van der Waals surface area contributed by atoms with E-state index < -0.39 is 0 Å². The van der Waals surface area contributed by atoms with E-state index in [2.05, 4.69) is 37.1 Å². The van der Waals surface area contributed by atoms with Gasteiger partial charge in [-0.25, -0.2) is 0 Å². The van der Waals surface area contributed by atoms with E-state index in [9.17, 15) is 9.59 Å². The summed E-state index contributed by atoms with van der Waals surface area (Å²) in [5.41, 5.74) is 2.41. The molecule has 174 valence electrons. The van der Waals surface area contributed by atoms with E-state index in [-0.39, 0.29) is 18.0 Å². The van der Waals surface area contributed by atoms with Crippen LogP contribution in [0, 0.1) is 5.92 Å². The molecule has 7 heteroatoms. The average molecular weight is 442 g/mol. The highest BCUT2D eigenvalue weighted by molar-refractivity contribution is 5.98. The largest absolute Gasteiger partial charge is 0.496 e. The molecule has 0 saturated heterocycles. The second-order valence-corrected chi connectivity index (χ2v) is 8.80. The van der Waals surface area contributed by atoms with Crippen LogP contribution in [0.25, 0.3) is 0 Å². The van der Waals surface area contributed by atoms with Gasteiger partial charge >= 0.3 is 0 Å². The Bertz CT molecular complexity index is 987. The molecule has 1 atom stereocenters. The van der Waals surface area contributed by atoms with Gasteiger partial charge in [0.15, 0.2) is 0 Å². The zero-order chi connectivity index (χ0) is 23.1. The summed E-state index contributed by atoms with van der Waals surface area (Å²) in [4.78, 5) is 28.2. The quantitative estimate of drug-likeness (QED) is 0.602. The molecule has 2 aromatic rings. The minimum Gasteiger partial charge on any atom is -0.496 e. The van der Waals surface area contributed by atoms with Gasteiger partial charge in [0.25, 0.3) is 11.5 Å². The maximum Gasteiger partial charge on any atom is 0.257 e. The number of amides is 1. The van der Waals surface area contributed by atoms with Gasteiger partial charge in [0.1, 0.15) is 17.1 Å². The smallest absolute Gasteiger partial charge is 0.257 e. The number of rotatable bonds is 9. The molecule has 1 N–H and O–H groups in total. The van der Waals surface area contributed by atoms with E-state index in [1.165, 1.54) is 18.7 Å². The molecule has 0 saturated carbocycles. The minimum atomic E-state index is -0.259. The van der Waals surface area contributed by atoms with Crippen LogP contribution in [0.5, 0.6) is 5.75 Å². The van der Waals surface area contributed by atoms with E-state index in [0.717, 1.165) is 38.2 Å². The monoisotopic (exact) mass is 441 g/mol. The van der Waals surface area contributed by atoms with E-state index in [1.807, 2.05) is 6.07 Å². The Balaban J connectivity index is 1.74. The van der Waals surface area contributed by atoms with Gasteiger partial charge in [-0.05, 0) is 44.7 Å². The Morgan fingerprint density at radius 2 is 2.12 bits per heavy atom. The van der Waals surface area contributed by atoms with Crippen LogP contribution in [0.3, 0.4) is 0 Å². The molecule has 3 rings (SSSR count). The first-order chi connectivity index (χ1) is 15.4. The molecule has 1 amide bonds. The number of nitrogens with one attached hydrogen (secondary N) is 1. The summed E-state index contributed by atoms with van der Waals surface area (Å²) in [7, 11) is 1.49. The molecule has 1 aliphatic heterocycles. The Morgan fingerprint density at radius 3 is 2.81 bits per heavy atom. The summed E-state index contributed by atoms with van der Waals surface area (Å²) < 4.78 is 12.5. The predicted octanol–water partition coefficient (Wildman–Crippen LogP) is 3.62. The third-order valence-electron chi connectivity index (χ3n) is 5.92. The van der Waals surface area contributed by atoms with Crippen LogP contribution in [0.2, 0.25) is 0 Å². The van der Waals surface area contributed by atoms with Crippen molar-refractivity contribution in [2.24, 2.45) is 5.92 Å². The standard InChI is InChI=1S/C25H35N3O4/c1-18(2)7-5-8-19(3)17-27-11-10-21-24(25(30)26-16-20-9-6-14-32-20)22(31-4)15-23(29)28(21)13-12-27/h6-7,9,14-15,19H,5,8,10-13,16-17H2,1-4H3,(H,26,30)/t19-/m0/s1. The second-order valence-electron chi connectivity index (χ2n) is 8.80. The molecule has 0 aromatic carbocycles. The number of furan rings is 1. The molecule has 1 aliphatic rings. The van der Waals surface area contributed by atoms with Crippen molar-refractivity contribution in [1.82, 2.24) is 14.8 Å². The number of nitrogens with zero attached hydrogens (tertiary/aromatic N) is 2. The van der Waals surface area contributed by atoms with Crippen molar-refractivity contribution < 1.29 is 13.9 Å². The molecule has 7 nitrogen and oxygen atoms in total. The Hall–Kier alpha value is -2.80. The van der Waals surface area contributed by atoms with Crippen molar-refractivity contribution in [2.75, 3.05) is 26.7 Å². The predicted molar refractivity (Wildman–Crippen MR) is 125 cm³/mol. The number of hydrogen-bond donors (Lipinski definition) is 1. The number of fused-ring (bicyclic) bond motifs is 1. The van der Waals surface area contributed by atoms with Crippen LogP contribution in [0.15, 0.2) is 45.3 Å². The molecule has 0 radical (unpaired) electrons. The van der Waals surface area contributed by atoms with Gasteiger partial charge in [0, 0.05) is 44.4 Å². The van der Waals surface area contributed by atoms with Crippen molar-refractivity contribution in [1.29, 1.82) is 0 Å². The fourth-order valence-electron chi connectivity index (χ4n) is 4.24. The lowest BCUT2D eigenvalue weighted by molar-refractivity contribution is 0.0942. The van der Waals surface area contributed by atoms with E-state index in [0.29, 0.717) is 36.0 Å². The summed E-state index contributed by atoms with van der Waals surface area (Å²) in [5.74, 6) is 1.30. The Kier molecular flexibility index (Phi) is 8.33. The normalized spacial score (nSPS) is 14.9. The first-order valence-electron chi connectivity index (χ1n) is 11.4. The minimum absolute atomic E-state index is 0.127. The first-order valence-corrected chi connectivity index (χ1v) is 11.4. The average Bonchev–Trinajstić information content (AvgIpc) is 3.19. The van der Waals surface area contributed by atoms with Gasteiger partial charge in [-0.1, -0.05) is 18.6 Å². The summed E-state index contributed by atoms with van der Waals surface area (Å²) >= 11 is 0. The van der Waals surface area contributed by atoms with Gasteiger partial charge in [-0.3, -0.25) is 9.59 Å². The fraction of sp³-hybridized carbons (Fsp3) is 0.520. The lowest BCUT2D eigenvalue weighted by Crippen LogP contribution is -2.32. The maximum atomic E-state index is 13.1. The lowest BCUT2D eigenvalue weighted by Gasteiger charge is -2.23. The number of pyridine rings is 1. The zero-order valence-corrected chi connectivity index (χ0v) is 19.6. The van der Waals surface area contributed by atoms with Crippen LogP contribution >= 0.6 is 0 Å². The highest BCUT2D eigenvalue weighted by atomic mass is 16.5. The third-order valence-corrected chi connectivity index (χ3v) is 5.92. The lowest BCUT2D eigenvalue weighted by atomic mass is 10.0. The number of ether oxygens (including phenoxy) is 1. The molecule has 0 unspecified atom stereocenters. The first kappa shape index (κ1) is 23.9. The van der Waals surface area contributed by atoms with Crippen LogP contribution in [0.1, 0.15) is 55.4 Å².